The van der Waals surface area contributed by atoms with E-state index in [0.717, 1.165) is 56.9 Å². The molecule has 0 radical (unpaired) electrons. The first-order valence-corrected chi connectivity index (χ1v) is 26.7. The molecule has 15 nitrogen and oxygen atoms in total. The number of esters is 2. The number of fused-ring (bicyclic) bond motifs is 1. The van der Waals surface area contributed by atoms with Gasteiger partial charge in [0.05, 0.1) is 50.1 Å². The Balaban J connectivity index is 1.47. The fourth-order valence-corrected chi connectivity index (χ4v) is 9.35. The average Bonchev–Trinajstić information content (AvgIpc) is 3.73. The second-order valence-corrected chi connectivity index (χ2v) is 19.5. The number of benzene rings is 3. The van der Waals surface area contributed by atoms with Crippen LogP contribution in [0.2, 0.25) is 0 Å². The summed E-state index contributed by atoms with van der Waals surface area (Å²) in [6.07, 6.45) is 12.4. The molecule has 8 atom stereocenters. The predicted octanol–water partition coefficient (Wildman–Crippen LogP) is 12.5. The van der Waals surface area contributed by atoms with E-state index in [9.17, 15) is 19.9 Å². The van der Waals surface area contributed by atoms with Crippen molar-refractivity contribution in [3.63, 3.8) is 0 Å². The Morgan fingerprint density at radius 2 is 1.24 bits per heavy atom. The molecule has 0 bridgehead atoms. The van der Waals surface area contributed by atoms with Gasteiger partial charge in [-0.3, -0.25) is 4.79 Å². The van der Waals surface area contributed by atoms with Crippen LogP contribution in [0.25, 0.3) is 10.4 Å². The molecule has 2 aliphatic heterocycles. The molecule has 0 aromatic heterocycles. The molecule has 0 spiro atoms. The van der Waals surface area contributed by atoms with E-state index in [2.05, 4.69) is 29.2 Å². The lowest BCUT2D eigenvalue weighted by atomic mass is 9.97. The van der Waals surface area contributed by atoms with Crippen LogP contribution in [0.5, 0.6) is 5.75 Å². The Hall–Kier alpha value is -5.02. The summed E-state index contributed by atoms with van der Waals surface area (Å²) in [5.41, 5.74) is 10.9. The molecule has 5 rings (SSSR count). The normalized spacial score (nSPS) is 20.3. The van der Waals surface area contributed by atoms with Crippen molar-refractivity contribution >= 4 is 17.8 Å². The molecule has 2 heterocycles. The van der Waals surface area contributed by atoms with Crippen LogP contribution in [-0.2, 0) is 44.6 Å². The van der Waals surface area contributed by atoms with Crippen molar-refractivity contribution in [1.29, 1.82) is 0 Å². The van der Waals surface area contributed by atoms with Crippen molar-refractivity contribution in [1.82, 2.24) is 5.32 Å². The monoisotopic (exact) mass is 999 g/mol. The van der Waals surface area contributed by atoms with Gasteiger partial charge in [-0.1, -0.05) is 164 Å². The summed E-state index contributed by atoms with van der Waals surface area (Å²) in [5, 5.41) is 7.01. The van der Waals surface area contributed by atoms with Gasteiger partial charge in [-0.15, -0.1) is 0 Å². The first-order valence-electron chi connectivity index (χ1n) is 26.7. The summed E-state index contributed by atoms with van der Waals surface area (Å²) >= 11 is 0. The summed E-state index contributed by atoms with van der Waals surface area (Å²) in [4.78, 5) is 45.5. The summed E-state index contributed by atoms with van der Waals surface area (Å²) < 4.78 is 51.1. The maximum Gasteiger partial charge on any atom is 0.338 e. The molecule has 1 N–H and O–H groups in total. The zero-order valence-electron chi connectivity index (χ0n) is 43.6. The average molecular weight is 999 g/mol. The van der Waals surface area contributed by atoms with Gasteiger partial charge < -0.3 is 43.2 Å². The minimum absolute atomic E-state index is 0.0891. The van der Waals surface area contributed by atoms with E-state index in [1.807, 2.05) is 30.3 Å². The van der Waals surface area contributed by atoms with Crippen LogP contribution < -0.4 is 10.1 Å². The maximum absolute atomic E-state index is 14.3. The first-order chi connectivity index (χ1) is 35.0. The highest BCUT2D eigenvalue weighted by Crippen LogP contribution is 2.40. The molecule has 72 heavy (non-hydrogen) atoms. The molecule has 0 unspecified atom stereocenters. The summed E-state index contributed by atoms with van der Waals surface area (Å²) in [7, 11) is 1.60. The van der Waals surface area contributed by atoms with Crippen molar-refractivity contribution < 1.29 is 52.3 Å². The molecular formula is C57H82N4O11. The highest BCUT2D eigenvalue weighted by Gasteiger charge is 2.56. The van der Waals surface area contributed by atoms with Crippen molar-refractivity contribution in [2.45, 2.75) is 211 Å². The predicted molar refractivity (Wildman–Crippen MR) is 276 cm³/mol. The molecule has 2 aliphatic rings. The fraction of sp³-hybridized carbons (Fsp3) is 0.632. The van der Waals surface area contributed by atoms with Crippen LogP contribution in [0.1, 0.15) is 176 Å². The molecular weight excluding hydrogens is 917 g/mol. The number of hydrogen-bond acceptors (Lipinski definition) is 12. The van der Waals surface area contributed by atoms with Gasteiger partial charge in [0, 0.05) is 11.3 Å². The van der Waals surface area contributed by atoms with E-state index >= 15 is 0 Å². The largest absolute Gasteiger partial charge is 0.497 e. The lowest BCUT2D eigenvalue weighted by Crippen LogP contribution is -2.60. The number of rotatable bonds is 35. The molecule has 396 valence electrons. The summed E-state index contributed by atoms with van der Waals surface area (Å²) in [5.74, 6) is -1.86. The van der Waals surface area contributed by atoms with E-state index < -0.39 is 66.7 Å². The molecule has 2 fully saturated rings. The van der Waals surface area contributed by atoms with Gasteiger partial charge in [0.25, 0.3) is 0 Å². The number of amides is 1. The quantitative estimate of drug-likeness (QED) is 0.0194. The SMILES string of the molecule is CCCCCCCCCCCCCC[C@@H](OC(=O)c1ccccc1)[C@@H](OC(=O)c1ccccc1)[C@H](CO[C@H]1O[C@H](CN=[N+]=[N-])[C@@H]2OC(C)(C)O[C@@H]2[C@H]1OCc1ccc(OC)cc1)NC(=O)CCCCCCC. The molecule has 15 heteroatoms. The highest BCUT2D eigenvalue weighted by atomic mass is 16.8. The van der Waals surface area contributed by atoms with Crippen molar-refractivity contribution in [3.8, 4) is 5.75 Å². The Morgan fingerprint density at radius 1 is 0.694 bits per heavy atom. The zero-order chi connectivity index (χ0) is 51.4. The van der Waals surface area contributed by atoms with E-state index in [1.54, 1.807) is 75.6 Å². The molecule has 0 aliphatic carbocycles. The van der Waals surface area contributed by atoms with Crippen LogP contribution in [0.15, 0.2) is 90.0 Å². The van der Waals surface area contributed by atoms with Gasteiger partial charge in [0.1, 0.15) is 30.2 Å². The Labute approximate surface area is 428 Å². The van der Waals surface area contributed by atoms with Gasteiger partial charge in [0.15, 0.2) is 18.2 Å². The smallest absolute Gasteiger partial charge is 0.338 e. The Kier molecular flexibility index (Phi) is 25.9. The molecule has 3 aromatic rings. The van der Waals surface area contributed by atoms with Crippen LogP contribution in [0.3, 0.4) is 0 Å². The highest BCUT2D eigenvalue weighted by molar-refractivity contribution is 5.90. The number of methoxy groups -OCH3 is 1. The molecule has 2 saturated heterocycles. The second-order valence-electron chi connectivity index (χ2n) is 19.5. The van der Waals surface area contributed by atoms with Crippen molar-refractivity contribution in [2.24, 2.45) is 5.11 Å². The van der Waals surface area contributed by atoms with Gasteiger partial charge in [0.2, 0.25) is 5.91 Å². The number of hydrogen-bond donors (Lipinski definition) is 1. The number of carbonyl (C=O) groups excluding carboxylic acids is 3. The van der Waals surface area contributed by atoms with E-state index in [1.165, 1.54) is 44.9 Å². The van der Waals surface area contributed by atoms with E-state index in [4.69, 9.17) is 37.9 Å². The zero-order valence-corrected chi connectivity index (χ0v) is 43.6. The van der Waals surface area contributed by atoms with E-state index in [0.29, 0.717) is 36.1 Å². The number of unbranched alkanes of at least 4 members (excludes halogenated alkanes) is 15. The number of azide groups is 1. The van der Waals surface area contributed by atoms with Crippen LogP contribution in [0, 0.1) is 0 Å². The van der Waals surface area contributed by atoms with Crippen molar-refractivity contribution in [3.05, 3.63) is 112 Å². The number of carbonyl (C=O) groups is 3. The Bertz CT molecular complexity index is 2050. The lowest BCUT2D eigenvalue weighted by molar-refractivity contribution is -0.290. The van der Waals surface area contributed by atoms with Crippen molar-refractivity contribution in [2.75, 3.05) is 20.3 Å². The number of nitrogens with zero attached hydrogens (tertiary/aromatic N) is 3. The third-order valence-electron chi connectivity index (χ3n) is 13.3. The van der Waals surface area contributed by atoms with Crippen LogP contribution in [-0.4, -0.2) is 92.9 Å². The van der Waals surface area contributed by atoms with Gasteiger partial charge >= 0.3 is 11.9 Å². The minimum atomic E-state index is -1.22. The number of nitrogens with one attached hydrogen (secondary N) is 1. The summed E-state index contributed by atoms with van der Waals surface area (Å²) in [6, 6.07) is 23.7. The van der Waals surface area contributed by atoms with E-state index in [-0.39, 0.29) is 32.1 Å². The van der Waals surface area contributed by atoms with Gasteiger partial charge in [-0.25, -0.2) is 9.59 Å². The number of ether oxygens (including phenoxy) is 8. The molecule has 3 aromatic carbocycles. The van der Waals surface area contributed by atoms with Gasteiger partial charge in [-0.05, 0) is 80.6 Å². The third kappa shape index (κ3) is 19.8. The lowest BCUT2D eigenvalue weighted by Gasteiger charge is -2.42. The molecule has 0 saturated carbocycles. The van der Waals surface area contributed by atoms with Crippen LogP contribution >= 0.6 is 0 Å². The topological polar surface area (TPSA) is 186 Å². The fourth-order valence-electron chi connectivity index (χ4n) is 9.35. The maximum atomic E-state index is 14.3. The first kappa shape index (κ1) is 57.9. The van der Waals surface area contributed by atoms with Gasteiger partial charge in [-0.2, -0.15) is 0 Å². The third-order valence-corrected chi connectivity index (χ3v) is 13.3. The second kappa shape index (κ2) is 32.2. The van der Waals surface area contributed by atoms with Crippen LogP contribution in [0.4, 0.5) is 0 Å². The standard InChI is InChI=1S/C57H82N4O11/c1-6-8-10-12-13-14-15-16-17-18-20-27-33-47(68-54(63)43-29-23-21-24-30-43)50(70-55(64)44-31-25-22-26-32-44)46(60-49(62)34-28-19-11-9-7-2)41-67-56-53(66-40-42-35-37-45(65-5)38-36-42)52-51(71-57(3,4)72-52)48(69-56)39-59-61-58/h21-26,29-32,35-38,46-48,50-53,56H,6-20,27-28,33-34,39-41H2,1-5H3,(H,60,62)/t46-,47+,48+,50-,51-,52-,53+,56-/m0/s1. The molecule has 1 amide bonds. The minimum Gasteiger partial charge on any atom is -0.497 e. The Morgan fingerprint density at radius 3 is 1.81 bits per heavy atom. The summed E-state index contributed by atoms with van der Waals surface area (Å²) in [6.45, 7) is 7.74.